The number of benzene rings is 1. The summed E-state index contributed by atoms with van der Waals surface area (Å²) in [7, 11) is -2.40. The quantitative estimate of drug-likeness (QED) is 0.622. The van der Waals surface area contributed by atoms with Crippen molar-refractivity contribution in [3.8, 4) is 5.82 Å². The van der Waals surface area contributed by atoms with Gasteiger partial charge in [0.15, 0.2) is 5.82 Å². The Morgan fingerprint density at radius 3 is 2.56 bits per heavy atom. The zero-order valence-electron chi connectivity index (χ0n) is 14.3. The average Bonchev–Trinajstić information content (AvgIpc) is 3.17. The van der Waals surface area contributed by atoms with Crippen molar-refractivity contribution in [3.63, 3.8) is 0 Å². The second-order valence-electron chi connectivity index (χ2n) is 5.62. The summed E-state index contributed by atoms with van der Waals surface area (Å²) in [6.45, 7) is -0.320. The van der Waals surface area contributed by atoms with Crippen molar-refractivity contribution in [1.29, 1.82) is 0 Å². The predicted octanol–water partition coefficient (Wildman–Crippen LogP) is 2.29. The number of carbonyl (C=O) groups is 1. The minimum Gasteiger partial charge on any atom is -0.324 e. The van der Waals surface area contributed by atoms with Crippen LogP contribution in [-0.4, -0.2) is 47.0 Å². The number of carbonyl (C=O) groups excluding carboxylic acids is 1. The van der Waals surface area contributed by atoms with E-state index in [-0.39, 0.29) is 11.4 Å². The van der Waals surface area contributed by atoms with Crippen LogP contribution in [0.25, 0.3) is 5.82 Å². The summed E-state index contributed by atoms with van der Waals surface area (Å²) < 4.78 is 28.4. The first-order chi connectivity index (χ1) is 12.9. The number of aromatic nitrogens is 3. The molecule has 10 heteroatoms. The highest BCUT2D eigenvalue weighted by Gasteiger charge is 2.22. The van der Waals surface area contributed by atoms with E-state index in [0.29, 0.717) is 11.5 Å². The van der Waals surface area contributed by atoms with E-state index in [1.165, 1.54) is 25.4 Å². The Balaban J connectivity index is 1.64. The van der Waals surface area contributed by atoms with Gasteiger partial charge in [-0.2, -0.15) is 9.40 Å². The Labute approximate surface area is 165 Å². The van der Waals surface area contributed by atoms with Crippen LogP contribution in [0.4, 0.5) is 5.69 Å². The molecule has 27 heavy (non-hydrogen) atoms. The standard InChI is InChI=1S/C17H16BrN5O3S/c1-22(27(25,26)15-6-3-13(18)4-7-15)12-17(24)21-14-5-8-16(19-11-14)23-10-2-9-20-23/h2-11H,12H2,1H3,(H,21,24). The highest BCUT2D eigenvalue weighted by molar-refractivity contribution is 9.10. The number of nitrogens with one attached hydrogen (secondary N) is 1. The number of amides is 1. The van der Waals surface area contributed by atoms with E-state index in [2.05, 4.69) is 31.3 Å². The van der Waals surface area contributed by atoms with E-state index in [9.17, 15) is 13.2 Å². The molecule has 3 aromatic rings. The maximum atomic E-state index is 12.5. The molecule has 0 aliphatic rings. The lowest BCUT2D eigenvalue weighted by atomic mass is 10.4. The van der Waals surface area contributed by atoms with Crippen LogP contribution in [0.5, 0.6) is 0 Å². The second kappa shape index (κ2) is 7.99. The van der Waals surface area contributed by atoms with Gasteiger partial charge in [0.1, 0.15) is 0 Å². The van der Waals surface area contributed by atoms with Crippen LogP contribution >= 0.6 is 15.9 Å². The minimum atomic E-state index is -3.75. The van der Waals surface area contributed by atoms with Gasteiger partial charge in [-0.15, -0.1) is 0 Å². The van der Waals surface area contributed by atoms with Crippen molar-refractivity contribution in [2.75, 3.05) is 18.9 Å². The third-order valence-electron chi connectivity index (χ3n) is 3.66. The molecule has 1 N–H and O–H groups in total. The van der Waals surface area contributed by atoms with Crippen LogP contribution in [0.1, 0.15) is 0 Å². The van der Waals surface area contributed by atoms with Gasteiger partial charge >= 0.3 is 0 Å². The Morgan fingerprint density at radius 2 is 1.96 bits per heavy atom. The molecule has 2 aromatic heterocycles. The van der Waals surface area contributed by atoms with E-state index in [0.717, 1.165) is 8.78 Å². The Hall–Kier alpha value is -2.56. The lowest BCUT2D eigenvalue weighted by Crippen LogP contribution is -2.35. The fourth-order valence-corrected chi connectivity index (χ4v) is 3.67. The first-order valence-electron chi connectivity index (χ1n) is 7.84. The molecule has 2 heterocycles. The first-order valence-corrected chi connectivity index (χ1v) is 10.1. The Morgan fingerprint density at radius 1 is 1.22 bits per heavy atom. The highest BCUT2D eigenvalue weighted by atomic mass is 79.9. The number of sulfonamides is 1. The van der Waals surface area contributed by atoms with Gasteiger partial charge in [-0.25, -0.2) is 18.1 Å². The molecule has 0 saturated carbocycles. The summed E-state index contributed by atoms with van der Waals surface area (Å²) >= 11 is 3.26. The van der Waals surface area contributed by atoms with E-state index in [4.69, 9.17) is 0 Å². The normalized spacial score (nSPS) is 11.5. The number of rotatable bonds is 6. The molecular formula is C17H16BrN5O3S. The van der Waals surface area contributed by atoms with Crippen molar-refractivity contribution in [1.82, 2.24) is 19.1 Å². The van der Waals surface area contributed by atoms with Crippen molar-refractivity contribution < 1.29 is 13.2 Å². The van der Waals surface area contributed by atoms with E-state index >= 15 is 0 Å². The Kier molecular flexibility index (Phi) is 5.68. The predicted molar refractivity (Wildman–Crippen MR) is 104 cm³/mol. The van der Waals surface area contributed by atoms with Gasteiger partial charge in [0, 0.05) is 23.9 Å². The zero-order chi connectivity index (χ0) is 19.4. The molecule has 1 aromatic carbocycles. The number of anilines is 1. The molecule has 0 saturated heterocycles. The number of hydrogen-bond donors (Lipinski definition) is 1. The van der Waals surface area contributed by atoms with Gasteiger partial charge in [-0.3, -0.25) is 4.79 Å². The molecule has 0 fully saturated rings. The van der Waals surface area contributed by atoms with E-state index < -0.39 is 15.9 Å². The summed E-state index contributed by atoms with van der Waals surface area (Å²) in [5.74, 6) is 0.139. The van der Waals surface area contributed by atoms with Gasteiger partial charge in [-0.05, 0) is 42.5 Å². The van der Waals surface area contributed by atoms with Crippen molar-refractivity contribution in [2.24, 2.45) is 0 Å². The molecule has 0 atom stereocenters. The lowest BCUT2D eigenvalue weighted by Gasteiger charge is -2.17. The molecule has 0 aliphatic carbocycles. The third-order valence-corrected chi connectivity index (χ3v) is 6.01. The summed E-state index contributed by atoms with van der Waals surface area (Å²) in [4.78, 5) is 16.5. The van der Waals surface area contributed by atoms with Gasteiger partial charge in [0.25, 0.3) is 0 Å². The maximum absolute atomic E-state index is 12.5. The molecule has 0 unspecified atom stereocenters. The highest BCUT2D eigenvalue weighted by Crippen LogP contribution is 2.18. The molecule has 8 nitrogen and oxygen atoms in total. The number of pyridine rings is 1. The monoisotopic (exact) mass is 449 g/mol. The fraction of sp³-hybridized carbons (Fsp3) is 0.118. The van der Waals surface area contributed by atoms with Gasteiger partial charge in [0.05, 0.1) is 23.3 Å². The Bertz CT molecular complexity index is 1020. The molecule has 0 radical (unpaired) electrons. The van der Waals surface area contributed by atoms with Crippen LogP contribution in [-0.2, 0) is 14.8 Å². The van der Waals surface area contributed by atoms with Crippen molar-refractivity contribution >= 4 is 37.5 Å². The molecule has 0 spiro atoms. The first kappa shape index (κ1) is 19.2. The largest absolute Gasteiger partial charge is 0.324 e. The molecular weight excluding hydrogens is 434 g/mol. The molecule has 1 amide bonds. The fourth-order valence-electron chi connectivity index (χ4n) is 2.27. The summed E-state index contributed by atoms with van der Waals surface area (Å²) in [5.41, 5.74) is 0.463. The number of hydrogen-bond acceptors (Lipinski definition) is 5. The summed E-state index contributed by atoms with van der Waals surface area (Å²) in [5, 5.41) is 6.70. The van der Waals surface area contributed by atoms with E-state index in [1.54, 1.807) is 47.4 Å². The van der Waals surface area contributed by atoms with E-state index in [1.807, 2.05) is 0 Å². The zero-order valence-corrected chi connectivity index (χ0v) is 16.7. The van der Waals surface area contributed by atoms with Crippen molar-refractivity contribution in [2.45, 2.75) is 4.90 Å². The molecule has 0 aliphatic heterocycles. The summed E-state index contributed by atoms with van der Waals surface area (Å²) in [6.07, 6.45) is 4.87. The SMILES string of the molecule is CN(CC(=O)Nc1ccc(-n2cccn2)nc1)S(=O)(=O)c1ccc(Br)cc1. The minimum absolute atomic E-state index is 0.117. The molecule has 140 valence electrons. The van der Waals surface area contributed by atoms with Gasteiger partial charge < -0.3 is 5.32 Å². The van der Waals surface area contributed by atoms with Crippen LogP contribution in [0.2, 0.25) is 0 Å². The molecule has 0 bridgehead atoms. The third kappa shape index (κ3) is 4.59. The van der Waals surface area contributed by atoms with Crippen molar-refractivity contribution in [3.05, 3.63) is 65.5 Å². The smallest absolute Gasteiger partial charge is 0.243 e. The maximum Gasteiger partial charge on any atom is 0.243 e. The number of likely N-dealkylation sites (N-methyl/N-ethyl adjacent to an activating group) is 1. The number of halogens is 1. The topological polar surface area (TPSA) is 97.2 Å². The van der Waals surface area contributed by atoms with Crippen LogP contribution in [0, 0.1) is 0 Å². The molecule has 3 rings (SSSR count). The van der Waals surface area contributed by atoms with Gasteiger partial charge in [0.2, 0.25) is 15.9 Å². The average molecular weight is 450 g/mol. The van der Waals surface area contributed by atoms with Crippen LogP contribution < -0.4 is 5.32 Å². The van der Waals surface area contributed by atoms with Gasteiger partial charge in [-0.1, -0.05) is 15.9 Å². The summed E-state index contributed by atoms with van der Waals surface area (Å²) in [6, 6.07) is 11.4. The van der Waals surface area contributed by atoms with Crippen LogP contribution in [0.15, 0.2) is 70.4 Å². The number of nitrogens with zero attached hydrogens (tertiary/aromatic N) is 4. The second-order valence-corrected chi connectivity index (χ2v) is 8.58. The lowest BCUT2D eigenvalue weighted by molar-refractivity contribution is -0.116. The van der Waals surface area contributed by atoms with Crippen LogP contribution in [0.3, 0.4) is 0 Å².